The van der Waals surface area contributed by atoms with Crippen molar-refractivity contribution >= 4 is 17.3 Å². The van der Waals surface area contributed by atoms with E-state index in [9.17, 15) is 10.1 Å². The molecule has 1 aromatic rings. The van der Waals surface area contributed by atoms with Crippen LogP contribution in [0.5, 0.6) is 0 Å². The predicted octanol–water partition coefficient (Wildman–Crippen LogP) is 4.19. The Morgan fingerprint density at radius 3 is 2.76 bits per heavy atom. The second kappa shape index (κ2) is 6.75. The lowest BCUT2D eigenvalue weighted by Gasteiger charge is -2.36. The van der Waals surface area contributed by atoms with E-state index in [2.05, 4.69) is 13.8 Å². The second-order valence-corrected chi connectivity index (χ2v) is 6.85. The number of hydrogen-bond acceptors (Lipinski definition) is 3. The first-order chi connectivity index (χ1) is 9.90. The number of nitro benzene ring substituents is 1. The summed E-state index contributed by atoms with van der Waals surface area (Å²) in [5.41, 5.74) is 7.00. The molecule has 3 unspecified atom stereocenters. The summed E-state index contributed by atoms with van der Waals surface area (Å²) in [4.78, 5) is 10.8. The molecule has 21 heavy (non-hydrogen) atoms. The Balaban J connectivity index is 2.22. The van der Waals surface area contributed by atoms with E-state index in [1.54, 1.807) is 12.1 Å². The highest BCUT2D eigenvalue weighted by atomic mass is 35.5. The van der Waals surface area contributed by atoms with Crippen LogP contribution in [0.1, 0.15) is 38.7 Å². The van der Waals surface area contributed by atoms with Gasteiger partial charge in [0, 0.05) is 17.7 Å². The van der Waals surface area contributed by atoms with Crippen molar-refractivity contribution in [1.82, 2.24) is 0 Å². The van der Waals surface area contributed by atoms with E-state index in [1.165, 1.54) is 6.07 Å². The summed E-state index contributed by atoms with van der Waals surface area (Å²) < 4.78 is 0. The average Bonchev–Trinajstić information content (AvgIpc) is 2.42. The minimum atomic E-state index is -0.352. The van der Waals surface area contributed by atoms with Gasteiger partial charge in [-0.1, -0.05) is 31.5 Å². The highest BCUT2D eigenvalue weighted by Crippen LogP contribution is 2.37. The van der Waals surface area contributed by atoms with Gasteiger partial charge in [0.2, 0.25) is 0 Å². The summed E-state index contributed by atoms with van der Waals surface area (Å²) in [5, 5.41) is 11.7. The highest BCUT2D eigenvalue weighted by Gasteiger charge is 2.31. The van der Waals surface area contributed by atoms with Gasteiger partial charge in [-0.25, -0.2) is 0 Å². The Morgan fingerprint density at radius 2 is 2.14 bits per heavy atom. The van der Waals surface area contributed by atoms with E-state index in [4.69, 9.17) is 17.3 Å². The third-order valence-corrected chi connectivity index (χ3v) is 5.14. The number of nitro groups is 1. The molecule has 2 rings (SSSR count). The number of rotatable bonds is 4. The van der Waals surface area contributed by atoms with Crippen LogP contribution in [0.25, 0.3) is 0 Å². The fraction of sp³-hybridized carbons (Fsp3) is 0.625. The second-order valence-electron chi connectivity index (χ2n) is 6.44. The number of halogens is 1. The number of hydrogen-bond donors (Lipinski definition) is 1. The Morgan fingerprint density at radius 1 is 1.43 bits per heavy atom. The van der Waals surface area contributed by atoms with E-state index in [0.717, 1.165) is 19.3 Å². The van der Waals surface area contributed by atoms with Crippen LogP contribution in [0.2, 0.25) is 5.02 Å². The molecule has 3 atom stereocenters. The first kappa shape index (κ1) is 16.2. The van der Waals surface area contributed by atoms with E-state index in [-0.39, 0.29) is 22.6 Å². The Bertz CT molecular complexity index is 519. The normalized spacial score (nSPS) is 26.0. The highest BCUT2D eigenvalue weighted by molar-refractivity contribution is 6.31. The van der Waals surface area contributed by atoms with Crippen LogP contribution in [-0.2, 0) is 6.42 Å². The van der Waals surface area contributed by atoms with Crippen LogP contribution in [0, 0.1) is 27.9 Å². The Labute approximate surface area is 130 Å². The summed E-state index contributed by atoms with van der Waals surface area (Å²) in [6.45, 7) is 4.47. The number of benzene rings is 1. The molecule has 1 aliphatic carbocycles. The number of nitrogens with zero attached hydrogens (tertiary/aromatic N) is 1. The lowest BCUT2D eigenvalue weighted by molar-refractivity contribution is -0.385. The summed E-state index contributed by atoms with van der Waals surface area (Å²) >= 11 is 6.19. The Kier molecular flexibility index (Phi) is 5.22. The average molecular weight is 311 g/mol. The quantitative estimate of drug-likeness (QED) is 0.669. The van der Waals surface area contributed by atoms with Gasteiger partial charge >= 0.3 is 0 Å². The maximum absolute atomic E-state index is 11.2. The van der Waals surface area contributed by atoms with Crippen LogP contribution in [0.4, 0.5) is 5.69 Å². The van der Waals surface area contributed by atoms with Crippen molar-refractivity contribution in [2.45, 2.75) is 45.6 Å². The van der Waals surface area contributed by atoms with Gasteiger partial charge in [-0.2, -0.15) is 0 Å². The molecule has 0 saturated heterocycles. The maximum atomic E-state index is 11.2. The van der Waals surface area contributed by atoms with Crippen molar-refractivity contribution < 1.29 is 4.92 Å². The monoisotopic (exact) mass is 310 g/mol. The van der Waals surface area contributed by atoms with Crippen LogP contribution >= 0.6 is 11.6 Å². The molecule has 1 fully saturated rings. The van der Waals surface area contributed by atoms with Gasteiger partial charge in [-0.05, 0) is 49.5 Å². The molecule has 0 radical (unpaired) electrons. The van der Waals surface area contributed by atoms with E-state index in [1.807, 2.05) is 0 Å². The zero-order chi connectivity index (χ0) is 15.6. The van der Waals surface area contributed by atoms with Gasteiger partial charge in [0.15, 0.2) is 0 Å². The first-order valence-corrected chi connectivity index (χ1v) is 7.95. The van der Waals surface area contributed by atoms with Crippen molar-refractivity contribution in [3.63, 3.8) is 0 Å². The molecule has 4 nitrogen and oxygen atoms in total. The molecule has 2 N–H and O–H groups in total. The molecule has 0 aromatic heterocycles. The molecule has 116 valence electrons. The van der Waals surface area contributed by atoms with Gasteiger partial charge in [0.1, 0.15) is 0 Å². The molecule has 0 bridgehead atoms. The standard InChI is InChI=1S/C16H23ClN2O2/c1-10(2)11-6-7-15(18)12(8-11)9-13-14(17)4-3-5-16(13)19(20)21/h3-5,10-12,15H,6-9,18H2,1-2H3. The minimum Gasteiger partial charge on any atom is -0.327 e. The van der Waals surface area contributed by atoms with Gasteiger partial charge < -0.3 is 5.73 Å². The molecule has 0 heterocycles. The molecular weight excluding hydrogens is 288 g/mol. The fourth-order valence-electron chi connectivity index (χ4n) is 3.35. The van der Waals surface area contributed by atoms with Crippen LogP contribution < -0.4 is 5.73 Å². The molecule has 5 heteroatoms. The Hall–Kier alpha value is -1.13. The van der Waals surface area contributed by atoms with Crippen molar-refractivity contribution in [2.75, 3.05) is 0 Å². The van der Waals surface area contributed by atoms with Gasteiger partial charge in [-0.3, -0.25) is 10.1 Å². The molecule has 1 aliphatic rings. The zero-order valence-corrected chi connectivity index (χ0v) is 13.3. The molecule has 1 saturated carbocycles. The van der Waals surface area contributed by atoms with Crippen LogP contribution in [-0.4, -0.2) is 11.0 Å². The fourth-order valence-corrected chi connectivity index (χ4v) is 3.59. The van der Waals surface area contributed by atoms with Crippen molar-refractivity contribution in [3.8, 4) is 0 Å². The summed E-state index contributed by atoms with van der Waals surface area (Å²) in [5.74, 6) is 1.54. The van der Waals surface area contributed by atoms with E-state index in [0.29, 0.717) is 28.8 Å². The first-order valence-electron chi connectivity index (χ1n) is 7.57. The smallest absolute Gasteiger partial charge is 0.274 e. The predicted molar refractivity (Wildman–Crippen MR) is 85.5 cm³/mol. The topological polar surface area (TPSA) is 69.2 Å². The molecule has 0 amide bonds. The van der Waals surface area contributed by atoms with E-state index >= 15 is 0 Å². The molecule has 0 spiro atoms. The number of nitrogens with two attached hydrogens (primary N) is 1. The largest absolute Gasteiger partial charge is 0.327 e. The lowest BCUT2D eigenvalue weighted by atomic mass is 9.72. The third-order valence-electron chi connectivity index (χ3n) is 4.78. The van der Waals surface area contributed by atoms with Gasteiger partial charge in [-0.15, -0.1) is 0 Å². The SMILES string of the molecule is CC(C)C1CCC(N)C(Cc2c(Cl)cccc2[N+](=O)[O-])C1. The van der Waals surface area contributed by atoms with Crippen LogP contribution in [0.3, 0.4) is 0 Å². The summed E-state index contributed by atoms with van der Waals surface area (Å²) in [6.07, 6.45) is 3.77. The van der Waals surface area contributed by atoms with Gasteiger partial charge in [0.25, 0.3) is 5.69 Å². The third kappa shape index (κ3) is 3.74. The van der Waals surface area contributed by atoms with E-state index < -0.39 is 0 Å². The lowest BCUT2D eigenvalue weighted by Crippen LogP contribution is -2.38. The summed E-state index contributed by atoms with van der Waals surface area (Å²) in [7, 11) is 0. The summed E-state index contributed by atoms with van der Waals surface area (Å²) in [6, 6.07) is 4.98. The van der Waals surface area contributed by atoms with Crippen molar-refractivity contribution in [2.24, 2.45) is 23.5 Å². The van der Waals surface area contributed by atoms with Crippen LogP contribution in [0.15, 0.2) is 18.2 Å². The van der Waals surface area contributed by atoms with Crippen molar-refractivity contribution in [3.05, 3.63) is 38.9 Å². The zero-order valence-electron chi connectivity index (χ0n) is 12.6. The maximum Gasteiger partial charge on any atom is 0.274 e. The molecule has 0 aliphatic heterocycles. The minimum absolute atomic E-state index is 0.107. The molecular formula is C16H23ClN2O2. The molecule has 1 aromatic carbocycles. The van der Waals surface area contributed by atoms with Gasteiger partial charge in [0.05, 0.1) is 9.95 Å². The van der Waals surface area contributed by atoms with Crippen molar-refractivity contribution in [1.29, 1.82) is 0 Å².